The molecule has 62 valence electrons. The van der Waals surface area contributed by atoms with E-state index in [-0.39, 0.29) is 0 Å². The molecule has 0 saturated heterocycles. The Morgan fingerprint density at radius 3 is 3.00 bits per heavy atom. The Morgan fingerprint density at radius 2 is 2.45 bits per heavy atom. The highest BCUT2D eigenvalue weighted by Crippen LogP contribution is 2.05. The molecule has 0 unspecified atom stereocenters. The van der Waals surface area contributed by atoms with Gasteiger partial charge < -0.3 is 10.2 Å². The monoisotopic (exact) mass is 153 g/mol. The zero-order valence-electron chi connectivity index (χ0n) is 6.92. The standard InChI is InChI=1S/C9H15NO/c1-2-8(10)5-6-9-4-3-7-11-9/h3-4,7-8H,2,5-6,10H2,1H3/t8-/m1/s1. The van der Waals surface area contributed by atoms with Gasteiger partial charge in [-0.1, -0.05) is 6.92 Å². The van der Waals surface area contributed by atoms with Crippen molar-refractivity contribution >= 4 is 0 Å². The lowest BCUT2D eigenvalue weighted by atomic mass is 10.1. The minimum absolute atomic E-state index is 0.320. The quantitative estimate of drug-likeness (QED) is 0.718. The summed E-state index contributed by atoms with van der Waals surface area (Å²) in [6.07, 6.45) is 4.72. The predicted octanol–water partition coefficient (Wildman–Crippen LogP) is 1.95. The van der Waals surface area contributed by atoms with Crippen LogP contribution in [0, 0.1) is 0 Å². The number of hydrogen-bond donors (Lipinski definition) is 1. The highest BCUT2D eigenvalue weighted by molar-refractivity contribution is 4.98. The van der Waals surface area contributed by atoms with Gasteiger partial charge in [0.1, 0.15) is 5.76 Å². The van der Waals surface area contributed by atoms with Crippen LogP contribution in [0.1, 0.15) is 25.5 Å². The van der Waals surface area contributed by atoms with Crippen LogP contribution in [0.4, 0.5) is 0 Å². The topological polar surface area (TPSA) is 39.2 Å². The van der Waals surface area contributed by atoms with Crippen molar-refractivity contribution < 1.29 is 4.42 Å². The van der Waals surface area contributed by atoms with E-state index in [4.69, 9.17) is 10.2 Å². The molecular formula is C9H15NO. The fourth-order valence-corrected chi connectivity index (χ4v) is 0.987. The summed E-state index contributed by atoms with van der Waals surface area (Å²) in [5.41, 5.74) is 5.75. The van der Waals surface area contributed by atoms with E-state index >= 15 is 0 Å². The fraction of sp³-hybridized carbons (Fsp3) is 0.556. The minimum Gasteiger partial charge on any atom is -0.469 e. The first-order valence-electron chi connectivity index (χ1n) is 4.11. The van der Waals surface area contributed by atoms with Crippen molar-refractivity contribution in [2.24, 2.45) is 5.73 Å². The van der Waals surface area contributed by atoms with Crippen LogP contribution in [0.15, 0.2) is 22.8 Å². The molecule has 0 bridgehead atoms. The summed E-state index contributed by atoms with van der Waals surface area (Å²) in [5, 5.41) is 0. The second-order valence-corrected chi connectivity index (χ2v) is 2.79. The molecule has 0 aliphatic rings. The lowest BCUT2D eigenvalue weighted by Gasteiger charge is -2.05. The molecule has 0 aliphatic heterocycles. The fourth-order valence-electron chi connectivity index (χ4n) is 0.987. The van der Waals surface area contributed by atoms with E-state index in [9.17, 15) is 0 Å². The first kappa shape index (κ1) is 8.34. The van der Waals surface area contributed by atoms with E-state index in [0.29, 0.717) is 6.04 Å². The summed E-state index contributed by atoms with van der Waals surface area (Å²) >= 11 is 0. The third-order valence-corrected chi connectivity index (χ3v) is 1.87. The highest BCUT2D eigenvalue weighted by Gasteiger charge is 2.00. The molecule has 1 heterocycles. The first-order chi connectivity index (χ1) is 5.33. The zero-order chi connectivity index (χ0) is 8.10. The van der Waals surface area contributed by atoms with E-state index in [0.717, 1.165) is 25.0 Å². The molecule has 2 nitrogen and oxygen atoms in total. The van der Waals surface area contributed by atoms with E-state index < -0.39 is 0 Å². The van der Waals surface area contributed by atoms with Gasteiger partial charge in [0.2, 0.25) is 0 Å². The molecule has 0 aromatic carbocycles. The average molecular weight is 153 g/mol. The van der Waals surface area contributed by atoms with Crippen molar-refractivity contribution in [1.29, 1.82) is 0 Å². The van der Waals surface area contributed by atoms with Gasteiger partial charge in [0.25, 0.3) is 0 Å². The maximum Gasteiger partial charge on any atom is 0.103 e. The van der Waals surface area contributed by atoms with E-state index in [1.807, 2.05) is 12.1 Å². The van der Waals surface area contributed by atoms with Crippen LogP contribution >= 0.6 is 0 Å². The largest absolute Gasteiger partial charge is 0.469 e. The second-order valence-electron chi connectivity index (χ2n) is 2.79. The van der Waals surface area contributed by atoms with Crippen molar-refractivity contribution in [1.82, 2.24) is 0 Å². The molecule has 0 amide bonds. The summed E-state index contributed by atoms with van der Waals surface area (Å²) in [4.78, 5) is 0. The van der Waals surface area contributed by atoms with Crippen molar-refractivity contribution in [3.05, 3.63) is 24.2 Å². The Hall–Kier alpha value is -0.760. The summed E-state index contributed by atoms with van der Waals surface area (Å²) in [6, 6.07) is 4.22. The molecule has 1 rings (SSSR count). The Balaban J connectivity index is 2.23. The predicted molar refractivity (Wildman–Crippen MR) is 45.3 cm³/mol. The lowest BCUT2D eigenvalue weighted by Crippen LogP contribution is -2.18. The number of rotatable bonds is 4. The van der Waals surface area contributed by atoms with Crippen molar-refractivity contribution in [2.45, 2.75) is 32.2 Å². The number of nitrogens with two attached hydrogens (primary N) is 1. The third kappa shape index (κ3) is 2.76. The number of furan rings is 1. The molecule has 0 saturated carbocycles. The van der Waals surface area contributed by atoms with Gasteiger partial charge in [-0.3, -0.25) is 0 Å². The Morgan fingerprint density at radius 1 is 1.64 bits per heavy atom. The van der Waals surface area contributed by atoms with Crippen LogP contribution in [-0.4, -0.2) is 6.04 Å². The first-order valence-corrected chi connectivity index (χ1v) is 4.11. The molecule has 0 fully saturated rings. The van der Waals surface area contributed by atoms with Crippen LogP contribution in [0.5, 0.6) is 0 Å². The summed E-state index contributed by atoms with van der Waals surface area (Å²) in [5.74, 6) is 1.04. The van der Waals surface area contributed by atoms with Crippen molar-refractivity contribution in [2.75, 3.05) is 0 Å². The molecule has 1 aromatic rings. The van der Waals surface area contributed by atoms with Gasteiger partial charge in [0.05, 0.1) is 6.26 Å². The summed E-state index contributed by atoms with van der Waals surface area (Å²) in [7, 11) is 0. The Labute approximate surface area is 67.4 Å². The molecule has 1 atom stereocenters. The Bertz CT molecular complexity index is 181. The molecule has 2 heteroatoms. The van der Waals surface area contributed by atoms with Crippen LogP contribution < -0.4 is 5.73 Å². The number of aryl methyl sites for hydroxylation is 1. The van der Waals surface area contributed by atoms with Gasteiger partial charge in [-0.2, -0.15) is 0 Å². The number of hydrogen-bond acceptors (Lipinski definition) is 2. The highest BCUT2D eigenvalue weighted by atomic mass is 16.3. The van der Waals surface area contributed by atoms with Gasteiger partial charge in [0, 0.05) is 12.5 Å². The maximum absolute atomic E-state index is 5.75. The zero-order valence-corrected chi connectivity index (χ0v) is 6.92. The maximum atomic E-state index is 5.75. The molecule has 11 heavy (non-hydrogen) atoms. The second kappa shape index (κ2) is 4.19. The normalized spacial score (nSPS) is 13.3. The average Bonchev–Trinajstić information content (AvgIpc) is 2.52. The van der Waals surface area contributed by atoms with Crippen LogP contribution in [0.3, 0.4) is 0 Å². The lowest BCUT2D eigenvalue weighted by molar-refractivity contribution is 0.481. The van der Waals surface area contributed by atoms with Crippen LogP contribution in [-0.2, 0) is 6.42 Å². The van der Waals surface area contributed by atoms with Gasteiger partial charge in [-0.25, -0.2) is 0 Å². The summed E-state index contributed by atoms with van der Waals surface area (Å²) in [6.45, 7) is 2.10. The molecular weight excluding hydrogens is 138 g/mol. The van der Waals surface area contributed by atoms with E-state index in [1.54, 1.807) is 6.26 Å². The van der Waals surface area contributed by atoms with Crippen LogP contribution in [0.2, 0.25) is 0 Å². The van der Waals surface area contributed by atoms with Crippen LogP contribution in [0.25, 0.3) is 0 Å². The van der Waals surface area contributed by atoms with Gasteiger partial charge in [-0.05, 0) is 25.0 Å². The molecule has 0 spiro atoms. The third-order valence-electron chi connectivity index (χ3n) is 1.87. The molecule has 1 aromatic heterocycles. The minimum atomic E-state index is 0.320. The Kier molecular flexibility index (Phi) is 3.17. The van der Waals surface area contributed by atoms with Gasteiger partial charge in [-0.15, -0.1) is 0 Å². The smallest absolute Gasteiger partial charge is 0.103 e. The molecule has 2 N–H and O–H groups in total. The molecule has 0 radical (unpaired) electrons. The molecule has 0 aliphatic carbocycles. The van der Waals surface area contributed by atoms with Gasteiger partial charge in [0.15, 0.2) is 0 Å². The van der Waals surface area contributed by atoms with E-state index in [1.165, 1.54) is 0 Å². The van der Waals surface area contributed by atoms with Crippen molar-refractivity contribution in [3.8, 4) is 0 Å². The van der Waals surface area contributed by atoms with Gasteiger partial charge >= 0.3 is 0 Å². The summed E-state index contributed by atoms with van der Waals surface area (Å²) < 4.78 is 5.17. The van der Waals surface area contributed by atoms with Crippen molar-refractivity contribution in [3.63, 3.8) is 0 Å². The van der Waals surface area contributed by atoms with E-state index in [2.05, 4.69) is 6.92 Å². The SMILES string of the molecule is CC[C@@H](N)CCc1ccco1.